The molecule has 1 saturated carbocycles. The Morgan fingerprint density at radius 3 is 2.18 bits per heavy atom. The van der Waals surface area contributed by atoms with Crippen LogP contribution < -0.4 is 0 Å². The summed E-state index contributed by atoms with van der Waals surface area (Å²) in [5.74, 6) is -0.694. The molecule has 3 heteroatoms. The minimum atomic E-state index is -0.749. The molecule has 33 heavy (non-hydrogen) atoms. The van der Waals surface area contributed by atoms with Crippen LogP contribution in [0.1, 0.15) is 73.6 Å². The maximum absolute atomic E-state index is 14.9. The minimum Gasteiger partial charge on any atom is -0.207 e. The molecule has 0 saturated heterocycles. The maximum atomic E-state index is 14.9. The van der Waals surface area contributed by atoms with E-state index in [-0.39, 0.29) is 5.82 Å². The quantitative estimate of drug-likeness (QED) is 0.337. The van der Waals surface area contributed by atoms with Crippen LogP contribution >= 0.6 is 0 Å². The molecule has 1 aliphatic carbocycles. The highest BCUT2D eigenvalue weighted by molar-refractivity contribution is 5.65. The van der Waals surface area contributed by atoms with E-state index in [1.807, 2.05) is 36.4 Å². The fourth-order valence-electron chi connectivity index (χ4n) is 5.15. The van der Waals surface area contributed by atoms with E-state index >= 15 is 0 Å². The third kappa shape index (κ3) is 5.51. The first-order valence-electron chi connectivity index (χ1n) is 12.3. The Balaban J connectivity index is 1.35. The predicted molar refractivity (Wildman–Crippen MR) is 130 cm³/mol. The van der Waals surface area contributed by atoms with Crippen molar-refractivity contribution in [2.75, 3.05) is 0 Å². The first kappa shape index (κ1) is 23.6. The third-order valence-electron chi connectivity index (χ3n) is 7.30. The van der Waals surface area contributed by atoms with E-state index in [0.717, 1.165) is 50.5 Å². The molecule has 3 aromatic rings. The number of hydrogen-bond donors (Lipinski definition) is 0. The highest BCUT2D eigenvalue weighted by Gasteiger charge is 2.23. The monoisotopic (exact) mass is 450 g/mol. The summed E-state index contributed by atoms with van der Waals surface area (Å²) in [7, 11) is 0. The van der Waals surface area contributed by atoms with Gasteiger partial charge in [-0.2, -0.15) is 0 Å². The maximum Gasteiger partial charge on any atom is 0.166 e. The van der Waals surface area contributed by atoms with Crippen LogP contribution in [0.25, 0.3) is 11.1 Å². The van der Waals surface area contributed by atoms with Gasteiger partial charge in [0.15, 0.2) is 11.6 Å². The summed E-state index contributed by atoms with van der Waals surface area (Å²) in [6.45, 7) is 3.91. The van der Waals surface area contributed by atoms with E-state index in [9.17, 15) is 13.2 Å². The molecule has 3 aromatic carbocycles. The molecule has 4 rings (SSSR count). The van der Waals surface area contributed by atoms with Crippen LogP contribution in [-0.2, 0) is 12.8 Å². The van der Waals surface area contributed by atoms with Gasteiger partial charge in [-0.05, 0) is 97.6 Å². The first-order chi connectivity index (χ1) is 16.0. The molecule has 1 fully saturated rings. The summed E-state index contributed by atoms with van der Waals surface area (Å²) < 4.78 is 43.6. The van der Waals surface area contributed by atoms with Crippen molar-refractivity contribution in [2.45, 2.75) is 71.1 Å². The van der Waals surface area contributed by atoms with Gasteiger partial charge in [-0.15, -0.1) is 0 Å². The molecule has 0 aromatic heterocycles. The van der Waals surface area contributed by atoms with Gasteiger partial charge in [-0.1, -0.05) is 61.9 Å². The largest absolute Gasteiger partial charge is 0.207 e. The van der Waals surface area contributed by atoms with Crippen LogP contribution in [0.3, 0.4) is 0 Å². The van der Waals surface area contributed by atoms with Crippen LogP contribution in [0.2, 0.25) is 0 Å². The number of rotatable bonds is 7. The second kappa shape index (κ2) is 10.6. The lowest BCUT2D eigenvalue weighted by molar-refractivity contribution is 0.309. The van der Waals surface area contributed by atoms with Crippen LogP contribution in [-0.4, -0.2) is 0 Å². The summed E-state index contributed by atoms with van der Waals surface area (Å²) in [5, 5.41) is 0. The SMILES string of the molecule is CCCc1ccc(-c2ccc(CCC3CCC(c4ccc(C)c(F)c4)CC3)c(F)c2F)cc1. The molecule has 1 aliphatic rings. The zero-order valence-electron chi connectivity index (χ0n) is 19.6. The van der Waals surface area contributed by atoms with Gasteiger partial charge in [0.1, 0.15) is 5.82 Å². The van der Waals surface area contributed by atoms with Gasteiger partial charge in [-0.25, -0.2) is 13.2 Å². The van der Waals surface area contributed by atoms with Crippen LogP contribution in [0, 0.1) is 30.3 Å². The second-order valence-electron chi connectivity index (χ2n) is 9.61. The van der Waals surface area contributed by atoms with E-state index in [0.29, 0.717) is 40.5 Å². The molecule has 0 heterocycles. The van der Waals surface area contributed by atoms with Crippen molar-refractivity contribution in [1.29, 1.82) is 0 Å². The van der Waals surface area contributed by atoms with Gasteiger partial charge in [0.05, 0.1) is 0 Å². The van der Waals surface area contributed by atoms with Crippen molar-refractivity contribution < 1.29 is 13.2 Å². The van der Waals surface area contributed by atoms with Crippen molar-refractivity contribution in [3.8, 4) is 11.1 Å². The van der Waals surface area contributed by atoms with Gasteiger partial charge in [0.2, 0.25) is 0 Å². The van der Waals surface area contributed by atoms with E-state index < -0.39 is 11.6 Å². The lowest BCUT2D eigenvalue weighted by atomic mass is 9.76. The fraction of sp³-hybridized carbons (Fsp3) is 0.400. The topological polar surface area (TPSA) is 0 Å². The summed E-state index contributed by atoms with van der Waals surface area (Å²) in [6.07, 6.45) is 7.60. The Morgan fingerprint density at radius 2 is 1.52 bits per heavy atom. The van der Waals surface area contributed by atoms with E-state index in [1.165, 1.54) is 5.56 Å². The second-order valence-corrected chi connectivity index (χ2v) is 9.61. The highest BCUT2D eigenvalue weighted by Crippen LogP contribution is 2.38. The van der Waals surface area contributed by atoms with Crippen molar-refractivity contribution in [3.05, 3.63) is 94.3 Å². The highest BCUT2D eigenvalue weighted by atomic mass is 19.2. The fourth-order valence-corrected chi connectivity index (χ4v) is 5.15. The van der Waals surface area contributed by atoms with Gasteiger partial charge in [-0.3, -0.25) is 0 Å². The van der Waals surface area contributed by atoms with Crippen LogP contribution in [0.5, 0.6) is 0 Å². The minimum absolute atomic E-state index is 0.132. The lowest BCUT2D eigenvalue weighted by Gasteiger charge is -2.29. The van der Waals surface area contributed by atoms with Crippen molar-refractivity contribution in [1.82, 2.24) is 0 Å². The van der Waals surface area contributed by atoms with Gasteiger partial charge in [0.25, 0.3) is 0 Å². The van der Waals surface area contributed by atoms with Crippen molar-refractivity contribution >= 4 is 0 Å². The molecule has 0 spiro atoms. The number of hydrogen-bond acceptors (Lipinski definition) is 0. The van der Waals surface area contributed by atoms with Gasteiger partial charge < -0.3 is 0 Å². The van der Waals surface area contributed by atoms with E-state index in [2.05, 4.69) is 6.92 Å². The number of halogens is 3. The zero-order valence-corrected chi connectivity index (χ0v) is 19.6. The van der Waals surface area contributed by atoms with Crippen LogP contribution in [0.15, 0.2) is 54.6 Å². The Hall–Kier alpha value is -2.55. The number of benzene rings is 3. The molecule has 174 valence electrons. The standard InChI is InChI=1S/C30H33F3/c1-3-4-21-8-14-24(15-9-21)27-18-17-25(29(32)30(27)33)16-10-22-6-12-23(13-7-22)26-11-5-20(2)28(31)19-26/h5,8-9,11,14-15,17-19,22-23H,3-4,6-7,10,12-13,16H2,1-2H3. The summed E-state index contributed by atoms with van der Waals surface area (Å²) >= 11 is 0. The Labute approximate surface area is 195 Å². The smallest absolute Gasteiger partial charge is 0.166 e. The molecule has 0 radical (unpaired) electrons. The zero-order chi connectivity index (χ0) is 23.4. The Morgan fingerprint density at radius 1 is 0.788 bits per heavy atom. The molecular formula is C30H33F3. The average molecular weight is 451 g/mol. The third-order valence-corrected chi connectivity index (χ3v) is 7.30. The summed E-state index contributed by atoms with van der Waals surface area (Å²) in [6, 6.07) is 16.8. The summed E-state index contributed by atoms with van der Waals surface area (Å²) in [5.41, 5.74) is 4.47. The molecule has 0 nitrogen and oxygen atoms in total. The van der Waals surface area contributed by atoms with Crippen molar-refractivity contribution in [2.24, 2.45) is 5.92 Å². The normalized spacial score (nSPS) is 18.5. The molecule has 0 amide bonds. The van der Waals surface area contributed by atoms with Gasteiger partial charge >= 0.3 is 0 Å². The molecule has 0 atom stereocenters. The predicted octanol–water partition coefficient (Wildman–Crippen LogP) is 8.94. The Bertz CT molecular complexity index is 1080. The first-order valence-corrected chi connectivity index (χ1v) is 12.3. The number of aryl methyl sites for hydroxylation is 3. The molecule has 0 bridgehead atoms. The van der Waals surface area contributed by atoms with E-state index in [4.69, 9.17) is 0 Å². The van der Waals surface area contributed by atoms with Gasteiger partial charge in [0, 0.05) is 5.56 Å². The van der Waals surface area contributed by atoms with Crippen molar-refractivity contribution in [3.63, 3.8) is 0 Å². The molecule has 0 aliphatic heterocycles. The average Bonchev–Trinajstić information content (AvgIpc) is 2.83. The summed E-state index contributed by atoms with van der Waals surface area (Å²) in [4.78, 5) is 0. The lowest BCUT2D eigenvalue weighted by Crippen LogP contribution is -2.14. The van der Waals surface area contributed by atoms with Crippen LogP contribution in [0.4, 0.5) is 13.2 Å². The Kier molecular flexibility index (Phi) is 7.57. The molecule has 0 N–H and O–H groups in total. The van der Waals surface area contributed by atoms with E-state index in [1.54, 1.807) is 25.1 Å². The molecule has 0 unspecified atom stereocenters. The molecular weight excluding hydrogens is 417 g/mol.